The Balaban J connectivity index is 2.04. The van der Waals surface area contributed by atoms with Gasteiger partial charge in [-0.05, 0) is 18.8 Å². The van der Waals surface area contributed by atoms with E-state index in [0.29, 0.717) is 11.3 Å². The summed E-state index contributed by atoms with van der Waals surface area (Å²) in [7, 11) is 0. The molecule has 1 aromatic heterocycles. The van der Waals surface area contributed by atoms with Gasteiger partial charge in [0, 0.05) is 19.0 Å². The minimum Gasteiger partial charge on any atom is -0.387 e. The number of alkyl halides is 5. The van der Waals surface area contributed by atoms with Crippen LogP contribution in [0.4, 0.5) is 22.0 Å². The molecule has 1 aromatic rings. The van der Waals surface area contributed by atoms with Gasteiger partial charge in [0.15, 0.2) is 5.01 Å². The first-order valence-corrected chi connectivity index (χ1v) is 6.59. The van der Waals surface area contributed by atoms with Crippen LogP contribution in [0.1, 0.15) is 41.7 Å². The van der Waals surface area contributed by atoms with Crippen molar-refractivity contribution >= 4 is 11.3 Å². The molecule has 1 fully saturated rings. The van der Waals surface area contributed by atoms with Crippen molar-refractivity contribution in [2.45, 2.75) is 43.9 Å². The average molecular weight is 301 g/mol. The highest BCUT2D eigenvalue weighted by Gasteiger charge is 2.39. The molecule has 1 atom stereocenters. The first kappa shape index (κ1) is 14.6. The SMILES string of the molecule is OC(c1cnc(C(F)(F)F)s1)C1CCC(F)(F)CC1. The van der Waals surface area contributed by atoms with Crippen molar-refractivity contribution in [1.82, 2.24) is 4.98 Å². The number of hydrogen-bond acceptors (Lipinski definition) is 3. The molecule has 108 valence electrons. The number of aliphatic hydroxyl groups excluding tert-OH is 1. The maximum atomic E-state index is 13.0. The molecule has 0 amide bonds. The van der Waals surface area contributed by atoms with Crippen LogP contribution in [0.25, 0.3) is 0 Å². The molecular formula is C11H12F5NOS. The Bertz CT molecular complexity index is 435. The van der Waals surface area contributed by atoms with Gasteiger partial charge < -0.3 is 5.11 Å². The summed E-state index contributed by atoms with van der Waals surface area (Å²) in [5.74, 6) is -3.15. The zero-order valence-corrected chi connectivity index (χ0v) is 10.6. The van der Waals surface area contributed by atoms with Crippen LogP contribution in [-0.2, 0) is 6.18 Å². The number of aliphatic hydroxyl groups is 1. The Morgan fingerprint density at radius 1 is 1.32 bits per heavy atom. The van der Waals surface area contributed by atoms with Gasteiger partial charge in [0.1, 0.15) is 0 Å². The Morgan fingerprint density at radius 2 is 1.89 bits per heavy atom. The summed E-state index contributed by atoms with van der Waals surface area (Å²) in [6, 6.07) is 0. The number of hydrogen-bond donors (Lipinski definition) is 1. The molecule has 1 N–H and O–H groups in total. The van der Waals surface area contributed by atoms with Gasteiger partial charge in [0.05, 0.1) is 11.0 Å². The molecule has 0 bridgehead atoms. The first-order valence-electron chi connectivity index (χ1n) is 5.78. The lowest BCUT2D eigenvalue weighted by molar-refractivity contribution is -0.137. The number of aromatic nitrogens is 1. The first-order chi connectivity index (χ1) is 8.69. The molecule has 19 heavy (non-hydrogen) atoms. The van der Waals surface area contributed by atoms with Crippen LogP contribution in [0, 0.1) is 5.92 Å². The van der Waals surface area contributed by atoms with Crippen LogP contribution in [0.15, 0.2) is 6.20 Å². The summed E-state index contributed by atoms with van der Waals surface area (Å²) in [6.45, 7) is 0. The van der Waals surface area contributed by atoms with E-state index in [2.05, 4.69) is 4.98 Å². The van der Waals surface area contributed by atoms with E-state index >= 15 is 0 Å². The maximum Gasteiger partial charge on any atom is 0.443 e. The Kier molecular flexibility index (Phi) is 3.83. The summed E-state index contributed by atoms with van der Waals surface area (Å²) in [5.41, 5.74) is 0. The van der Waals surface area contributed by atoms with Gasteiger partial charge >= 0.3 is 6.18 Å². The highest BCUT2D eigenvalue weighted by atomic mass is 32.1. The number of halogens is 5. The number of rotatable bonds is 2. The Labute approximate surface area is 110 Å². The lowest BCUT2D eigenvalue weighted by atomic mass is 9.83. The lowest BCUT2D eigenvalue weighted by Gasteiger charge is -2.30. The van der Waals surface area contributed by atoms with Crippen LogP contribution >= 0.6 is 11.3 Å². The van der Waals surface area contributed by atoms with Crippen molar-refractivity contribution < 1.29 is 27.1 Å². The second-order valence-electron chi connectivity index (χ2n) is 4.70. The number of nitrogens with zero attached hydrogens (tertiary/aromatic N) is 1. The summed E-state index contributed by atoms with van der Waals surface area (Å²) < 4.78 is 63.1. The summed E-state index contributed by atoms with van der Waals surface area (Å²) in [5, 5.41) is 8.93. The van der Waals surface area contributed by atoms with Crippen LogP contribution in [-0.4, -0.2) is 16.0 Å². The summed E-state index contributed by atoms with van der Waals surface area (Å²) >= 11 is 0.368. The molecule has 2 nitrogen and oxygen atoms in total. The molecule has 2 rings (SSSR count). The zero-order chi connectivity index (χ0) is 14.3. The molecule has 1 aliphatic rings. The molecule has 0 saturated heterocycles. The highest BCUT2D eigenvalue weighted by Crippen LogP contribution is 2.43. The van der Waals surface area contributed by atoms with E-state index in [9.17, 15) is 27.1 Å². The highest BCUT2D eigenvalue weighted by molar-refractivity contribution is 7.11. The van der Waals surface area contributed by atoms with Gasteiger partial charge in [0.25, 0.3) is 0 Å². The predicted octanol–water partition coefficient (Wildman–Crippen LogP) is 4.02. The van der Waals surface area contributed by atoms with Gasteiger partial charge in [-0.25, -0.2) is 13.8 Å². The average Bonchev–Trinajstić information content (AvgIpc) is 2.77. The third-order valence-electron chi connectivity index (χ3n) is 3.27. The molecule has 0 radical (unpaired) electrons. The number of thiazole rings is 1. The Morgan fingerprint density at radius 3 is 2.37 bits per heavy atom. The van der Waals surface area contributed by atoms with Crippen molar-refractivity contribution in [1.29, 1.82) is 0 Å². The van der Waals surface area contributed by atoms with Gasteiger partial charge in [-0.3, -0.25) is 0 Å². The molecule has 8 heteroatoms. The fourth-order valence-electron chi connectivity index (χ4n) is 2.16. The van der Waals surface area contributed by atoms with Crippen LogP contribution in [0.2, 0.25) is 0 Å². The van der Waals surface area contributed by atoms with Crippen molar-refractivity contribution in [2.75, 3.05) is 0 Å². The van der Waals surface area contributed by atoms with E-state index in [-0.39, 0.29) is 30.6 Å². The Hall–Kier alpha value is -0.760. The van der Waals surface area contributed by atoms with Gasteiger partial charge in [-0.1, -0.05) is 0 Å². The second-order valence-corrected chi connectivity index (χ2v) is 5.77. The van der Waals surface area contributed by atoms with Crippen molar-refractivity contribution in [3.8, 4) is 0 Å². The zero-order valence-electron chi connectivity index (χ0n) is 9.75. The van der Waals surface area contributed by atoms with E-state index in [1.54, 1.807) is 0 Å². The van der Waals surface area contributed by atoms with E-state index in [1.165, 1.54) is 0 Å². The third kappa shape index (κ3) is 3.42. The van der Waals surface area contributed by atoms with Gasteiger partial charge in [-0.2, -0.15) is 13.2 Å². The van der Waals surface area contributed by atoms with Crippen LogP contribution in [0.3, 0.4) is 0 Å². The van der Waals surface area contributed by atoms with Crippen LogP contribution in [0.5, 0.6) is 0 Å². The second kappa shape index (κ2) is 4.97. The van der Waals surface area contributed by atoms with E-state index in [1.807, 2.05) is 0 Å². The maximum absolute atomic E-state index is 13.0. The normalized spacial score (nSPS) is 22.4. The molecular weight excluding hydrogens is 289 g/mol. The van der Waals surface area contributed by atoms with Crippen LogP contribution < -0.4 is 0 Å². The quantitative estimate of drug-likeness (QED) is 0.837. The predicted molar refractivity (Wildman–Crippen MR) is 59.0 cm³/mol. The fourth-order valence-corrected chi connectivity index (χ4v) is 3.03. The molecule has 0 aliphatic heterocycles. The molecule has 0 aromatic carbocycles. The molecule has 1 unspecified atom stereocenters. The molecule has 1 saturated carbocycles. The van der Waals surface area contributed by atoms with Gasteiger partial charge in [0.2, 0.25) is 5.92 Å². The minimum absolute atomic E-state index is 0.0857. The molecule has 0 spiro atoms. The van der Waals surface area contributed by atoms with Crippen molar-refractivity contribution in [3.05, 3.63) is 16.1 Å². The minimum atomic E-state index is -4.54. The van der Waals surface area contributed by atoms with E-state index < -0.39 is 29.1 Å². The van der Waals surface area contributed by atoms with E-state index in [0.717, 1.165) is 6.20 Å². The van der Waals surface area contributed by atoms with Crippen molar-refractivity contribution in [3.63, 3.8) is 0 Å². The smallest absolute Gasteiger partial charge is 0.387 e. The lowest BCUT2D eigenvalue weighted by Crippen LogP contribution is -2.27. The fraction of sp³-hybridized carbons (Fsp3) is 0.727. The van der Waals surface area contributed by atoms with E-state index in [4.69, 9.17) is 0 Å². The van der Waals surface area contributed by atoms with Gasteiger partial charge in [-0.15, -0.1) is 11.3 Å². The topological polar surface area (TPSA) is 33.1 Å². The molecule has 1 heterocycles. The van der Waals surface area contributed by atoms with Crippen molar-refractivity contribution in [2.24, 2.45) is 5.92 Å². The monoisotopic (exact) mass is 301 g/mol. The largest absolute Gasteiger partial charge is 0.443 e. The summed E-state index contributed by atoms with van der Waals surface area (Å²) in [4.78, 5) is 3.30. The third-order valence-corrected chi connectivity index (χ3v) is 4.38. The molecule has 1 aliphatic carbocycles. The summed E-state index contributed by atoms with van der Waals surface area (Å²) in [6.07, 6.45) is -5.17. The standard InChI is InChI=1S/C11H12F5NOS/c12-10(13)3-1-6(2-4-10)8(18)7-5-17-9(19-7)11(14,15)16/h5-6,8,18H,1-4H2.